The van der Waals surface area contributed by atoms with Crippen LogP contribution in [0.1, 0.15) is 39.3 Å². The number of hydrogen-bond donors (Lipinski definition) is 1. The second-order valence-electron chi connectivity index (χ2n) is 7.84. The number of rotatable bonds is 7. The molecule has 0 aliphatic carbocycles. The number of nitro groups is 1. The molecule has 0 unspecified atom stereocenters. The van der Waals surface area contributed by atoms with Crippen molar-refractivity contribution in [1.82, 2.24) is 10.2 Å². The maximum atomic E-state index is 12.5. The number of nitrogens with zero attached hydrogens (tertiary/aromatic N) is 2. The van der Waals surface area contributed by atoms with E-state index in [0.29, 0.717) is 24.7 Å². The Bertz CT molecular complexity index is 1100. The van der Waals surface area contributed by atoms with E-state index < -0.39 is 4.92 Å². The molecular weight excluding hydrogens is 462 g/mol. The molecule has 0 saturated heterocycles. The van der Waals surface area contributed by atoms with Gasteiger partial charge in [0.05, 0.1) is 18.1 Å². The Balaban J connectivity index is 0.00000306. The van der Waals surface area contributed by atoms with E-state index in [0.717, 1.165) is 12.2 Å². The molecule has 4 rings (SSSR count). The molecule has 1 N–H and O–H groups in total. The number of non-ortho nitro benzene ring substituents is 1. The average molecular weight is 488 g/mol. The van der Waals surface area contributed by atoms with Crippen LogP contribution in [0.2, 0.25) is 0 Å². The first-order valence-electron chi connectivity index (χ1n) is 10.5. The van der Waals surface area contributed by atoms with Crippen molar-refractivity contribution in [2.24, 2.45) is 0 Å². The van der Waals surface area contributed by atoms with Gasteiger partial charge in [0.15, 0.2) is 0 Å². The highest BCUT2D eigenvalue weighted by Gasteiger charge is 2.34. The largest absolute Gasteiger partial charge is 0.497 e. The van der Waals surface area contributed by atoms with Crippen LogP contribution in [0, 0.1) is 10.1 Å². The second-order valence-corrected chi connectivity index (χ2v) is 8.78. The second kappa shape index (κ2) is 10.8. The van der Waals surface area contributed by atoms with Crippen LogP contribution in [0.3, 0.4) is 0 Å². The fourth-order valence-electron chi connectivity index (χ4n) is 4.21. The lowest BCUT2D eigenvalue weighted by Gasteiger charge is -2.41. The van der Waals surface area contributed by atoms with Crippen LogP contribution in [0.4, 0.5) is 5.69 Å². The van der Waals surface area contributed by atoms with Gasteiger partial charge >= 0.3 is 0 Å². The molecule has 0 fully saturated rings. The number of methoxy groups -OCH3 is 1. The van der Waals surface area contributed by atoms with Crippen LogP contribution in [0.5, 0.6) is 5.75 Å². The van der Waals surface area contributed by atoms with Gasteiger partial charge in [-0.25, -0.2) is 0 Å². The molecule has 3 aromatic rings. The third kappa shape index (κ3) is 5.35. The predicted octanol–water partition coefficient (Wildman–Crippen LogP) is 4.85. The van der Waals surface area contributed by atoms with Crippen molar-refractivity contribution in [2.75, 3.05) is 20.2 Å². The van der Waals surface area contributed by atoms with Gasteiger partial charge in [0, 0.05) is 41.7 Å². The van der Waals surface area contributed by atoms with Crippen molar-refractivity contribution in [1.29, 1.82) is 0 Å². The van der Waals surface area contributed by atoms with E-state index >= 15 is 0 Å². The summed E-state index contributed by atoms with van der Waals surface area (Å²) < 4.78 is 5.32. The zero-order valence-electron chi connectivity index (χ0n) is 18.4. The number of hydrogen-bond acceptors (Lipinski definition) is 6. The maximum absolute atomic E-state index is 12.5. The third-order valence-corrected chi connectivity index (χ3v) is 6.88. The summed E-state index contributed by atoms with van der Waals surface area (Å²) in [5.74, 6) is 0.591. The number of nitro benzene ring substituents is 1. The summed E-state index contributed by atoms with van der Waals surface area (Å²) in [7, 11) is 1.66. The Morgan fingerprint density at radius 1 is 1.18 bits per heavy atom. The first kappa shape index (κ1) is 24.7. The van der Waals surface area contributed by atoms with Crippen LogP contribution in [-0.4, -0.2) is 42.0 Å². The van der Waals surface area contributed by atoms with Gasteiger partial charge in [-0.15, -0.1) is 23.7 Å². The first-order chi connectivity index (χ1) is 15.5. The normalized spacial score (nSPS) is 17.5. The number of halogens is 1. The lowest BCUT2D eigenvalue weighted by molar-refractivity contribution is -0.384. The molecule has 2 aromatic carbocycles. The summed E-state index contributed by atoms with van der Waals surface area (Å²) in [5, 5.41) is 15.9. The van der Waals surface area contributed by atoms with Crippen LogP contribution in [0.15, 0.2) is 60.0 Å². The van der Waals surface area contributed by atoms with E-state index in [2.05, 4.69) is 40.7 Å². The number of thiophene rings is 1. The predicted molar refractivity (Wildman–Crippen MR) is 132 cm³/mol. The SMILES string of the molecule is COc1ccc([C@H]2c3sccc3C[C@H](C)N2CCNC(=O)c2ccc([N+](=O)[O-])cc2)cc1.Cl. The Morgan fingerprint density at radius 2 is 1.88 bits per heavy atom. The maximum Gasteiger partial charge on any atom is 0.269 e. The minimum atomic E-state index is -0.475. The van der Waals surface area contributed by atoms with Crippen molar-refractivity contribution >= 4 is 35.3 Å². The number of carbonyl (C=O) groups is 1. The zero-order chi connectivity index (χ0) is 22.7. The van der Waals surface area contributed by atoms with Crippen LogP contribution >= 0.6 is 23.7 Å². The molecule has 33 heavy (non-hydrogen) atoms. The van der Waals surface area contributed by atoms with Gasteiger partial charge in [-0.3, -0.25) is 19.8 Å². The molecule has 174 valence electrons. The van der Waals surface area contributed by atoms with Gasteiger partial charge < -0.3 is 10.1 Å². The number of fused-ring (bicyclic) bond motifs is 1. The van der Waals surface area contributed by atoms with E-state index in [1.165, 1.54) is 40.3 Å². The van der Waals surface area contributed by atoms with E-state index in [1.54, 1.807) is 18.4 Å². The molecule has 7 nitrogen and oxygen atoms in total. The monoisotopic (exact) mass is 487 g/mol. The summed E-state index contributed by atoms with van der Waals surface area (Å²) in [5.41, 5.74) is 2.96. The minimum absolute atomic E-state index is 0. The average Bonchev–Trinajstić information content (AvgIpc) is 3.27. The topological polar surface area (TPSA) is 84.7 Å². The van der Waals surface area contributed by atoms with Gasteiger partial charge in [-0.2, -0.15) is 0 Å². The number of ether oxygens (including phenoxy) is 1. The van der Waals surface area contributed by atoms with Gasteiger partial charge in [0.1, 0.15) is 5.75 Å². The molecule has 1 amide bonds. The molecular formula is C24H26ClN3O4S. The summed E-state index contributed by atoms with van der Waals surface area (Å²) in [6.45, 7) is 3.39. The molecule has 1 aromatic heterocycles. The smallest absolute Gasteiger partial charge is 0.269 e. The Morgan fingerprint density at radius 3 is 2.52 bits per heavy atom. The highest BCUT2D eigenvalue weighted by atomic mass is 35.5. The molecule has 2 heterocycles. The zero-order valence-corrected chi connectivity index (χ0v) is 20.0. The molecule has 0 bridgehead atoms. The summed E-state index contributed by atoms with van der Waals surface area (Å²) in [6.07, 6.45) is 0.974. The van der Waals surface area contributed by atoms with E-state index in [1.807, 2.05) is 12.1 Å². The molecule has 1 aliphatic rings. The minimum Gasteiger partial charge on any atom is -0.497 e. The molecule has 1 aliphatic heterocycles. The summed E-state index contributed by atoms with van der Waals surface area (Å²) in [6, 6.07) is 16.5. The molecule has 0 spiro atoms. The van der Waals surface area contributed by atoms with Gasteiger partial charge in [0.2, 0.25) is 0 Å². The number of carbonyl (C=O) groups excluding carboxylic acids is 1. The van der Waals surface area contributed by atoms with E-state index in [-0.39, 0.29) is 30.0 Å². The van der Waals surface area contributed by atoms with Crippen LogP contribution in [0.25, 0.3) is 0 Å². The Kier molecular flexibility index (Phi) is 8.07. The highest BCUT2D eigenvalue weighted by Crippen LogP contribution is 2.40. The van der Waals surface area contributed by atoms with Crippen molar-refractivity contribution in [3.05, 3.63) is 91.7 Å². The van der Waals surface area contributed by atoms with Crippen molar-refractivity contribution < 1.29 is 14.5 Å². The lowest BCUT2D eigenvalue weighted by Crippen LogP contribution is -2.45. The van der Waals surface area contributed by atoms with E-state index in [9.17, 15) is 14.9 Å². The van der Waals surface area contributed by atoms with Crippen LogP contribution < -0.4 is 10.1 Å². The van der Waals surface area contributed by atoms with E-state index in [4.69, 9.17) is 4.74 Å². The number of benzene rings is 2. The number of nitrogens with one attached hydrogen (secondary N) is 1. The highest BCUT2D eigenvalue weighted by molar-refractivity contribution is 7.10. The fraction of sp³-hybridized carbons (Fsp3) is 0.292. The van der Waals surface area contributed by atoms with Crippen molar-refractivity contribution in [2.45, 2.75) is 25.4 Å². The Labute approximate surface area is 202 Å². The van der Waals surface area contributed by atoms with Crippen molar-refractivity contribution in [3.8, 4) is 5.75 Å². The van der Waals surface area contributed by atoms with Crippen molar-refractivity contribution in [3.63, 3.8) is 0 Å². The quantitative estimate of drug-likeness (QED) is 0.380. The molecule has 2 atom stereocenters. The fourth-order valence-corrected chi connectivity index (χ4v) is 5.29. The first-order valence-corrected chi connectivity index (χ1v) is 11.3. The Hall–Kier alpha value is -2.94. The molecule has 0 radical (unpaired) electrons. The van der Waals surface area contributed by atoms with Gasteiger partial charge in [-0.1, -0.05) is 12.1 Å². The van der Waals surface area contributed by atoms with Gasteiger partial charge in [-0.05, 0) is 60.2 Å². The molecule has 9 heteroatoms. The number of amides is 1. The van der Waals surface area contributed by atoms with Crippen LogP contribution in [-0.2, 0) is 6.42 Å². The van der Waals surface area contributed by atoms with Gasteiger partial charge in [0.25, 0.3) is 11.6 Å². The lowest BCUT2D eigenvalue weighted by atomic mass is 9.91. The standard InChI is InChI=1S/C24H25N3O4S.ClH/c1-16-15-19-11-14-32-23(19)22(17-5-9-21(31-2)10-6-17)26(16)13-12-25-24(28)18-3-7-20(8-4-18)27(29)30;/h3-11,14,16,22H,12-13,15H2,1-2H3,(H,25,28);1H/t16-,22-;/m0./s1. The molecule has 0 saturated carbocycles. The third-order valence-electron chi connectivity index (χ3n) is 5.87. The summed E-state index contributed by atoms with van der Waals surface area (Å²) >= 11 is 1.77. The summed E-state index contributed by atoms with van der Waals surface area (Å²) in [4.78, 5) is 26.6.